The van der Waals surface area contributed by atoms with E-state index in [1.807, 2.05) is 30.3 Å². The number of amides is 1. The summed E-state index contributed by atoms with van der Waals surface area (Å²) in [7, 11) is 0. The van der Waals surface area contributed by atoms with Crippen LogP contribution < -0.4 is 5.32 Å². The molecule has 20 heavy (non-hydrogen) atoms. The Hall–Kier alpha value is -1.35. The van der Waals surface area contributed by atoms with E-state index in [4.69, 9.17) is 0 Å². The molecule has 1 unspecified atom stereocenters. The van der Waals surface area contributed by atoms with Crippen molar-refractivity contribution in [2.75, 3.05) is 6.54 Å². The van der Waals surface area contributed by atoms with Gasteiger partial charge in [-0.15, -0.1) is 0 Å². The minimum atomic E-state index is -0.677. The Morgan fingerprint density at radius 3 is 2.55 bits per heavy atom. The van der Waals surface area contributed by atoms with Gasteiger partial charge in [0.15, 0.2) is 0 Å². The Bertz CT molecular complexity index is 424. The first kappa shape index (κ1) is 15.0. The van der Waals surface area contributed by atoms with Crippen molar-refractivity contribution >= 4 is 5.91 Å². The fourth-order valence-electron chi connectivity index (χ4n) is 2.90. The van der Waals surface area contributed by atoms with Crippen molar-refractivity contribution in [1.82, 2.24) is 5.32 Å². The second-order valence-corrected chi connectivity index (χ2v) is 6.08. The number of benzene rings is 1. The molecule has 1 atom stereocenters. The molecule has 1 aliphatic rings. The van der Waals surface area contributed by atoms with E-state index in [-0.39, 0.29) is 11.8 Å². The van der Waals surface area contributed by atoms with Crippen LogP contribution in [0.3, 0.4) is 0 Å². The fourth-order valence-corrected chi connectivity index (χ4v) is 2.90. The van der Waals surface area contributed by atoms with E-state index in [1.54, 1.807) is 0 Å². The van der Waals surface area contributed by atoms with Gasteiger partial charge in [0, 0.05) is 13.0 Å². The van der Waals surface area contributed by atoms with Crippen molar-refractivity contribution in [2.24, 2.45) is 0 Å². The Kier molecular flexibility index (Phi) is 5.18. The number of carbonyl (C=O) groups excluding carboxylic acids is 1. The molecule has 1 saturated carbocycles. The van der Waals surface area contributed by atoms with Crippen LogP contribution in [0.25, 0.3) is 0 Å². The van der Waals surface area contributed by atoms with Gasteiger partial charge in [-0.3, -0.25) is 4.79 Å². The van der Waals surface area contributed by atoms with Crippen LogP contribution >= 0.6 is 0 Å². The summed E-state index contributed by atoms with van der Waals surface area (Å²) in [6, 6.07) is 10.1. The molecule has 1 fully saturated rings. The number of rotatable bonds is 5. The van der Waals surface area contributed by atoms with Crippen molar-refractivity contribution in [3.63, 3.8) is 0 Å². The molecule has 2 N–H and O–H groups in total. The minimum Gasteiger partial charge on any atom is -0.388 e. The highest BCUT2D eigenvalue weighted by molar-refractivity contribution is 5.76. The summed E-state index contributed by atoms with van der Waals surface area (Å²) in [5.74, 6) is 0.234. The van der Waals surface area contributed by atoms with E-state index in [2.05, 4.69) is 12.2 Å². The molecule has 1 amide bonds. The molecule has 0 bridgehead atoms. The average Bonchev–Trinajstić information content (AvgIpc) is 2.47. The molecule has 0 aromatic heterocycles. The van der Waals surface area contributed by atoms with Crippen LogP contribution in [0.2, 0.25) is 0 Å². The highest BCUT2D eigenvalue weighted by Gasteiger charge is 2.29. The van der Waals surface area contributed by atoms with E-state index >= 15 is 0 Å². The predicted molar refractivity (Wildman–Crippen MR) is 80.5 cm³/mol. The number of hydrogen-bond donors (Lipinski definition) is 2. The summed E-state index contributed by atoms with van der Waals surface area (Å²) < 4.78 is 0. The highest BCUT2D eigenvalue weighted by Crippen LogP contribution is 2.27. The largest absolute Gasteiger partial charge is 0.388 e. The van der Waals surface area contributed by atoms with Gasteiger partial charge < -0.3 is 10.4 Å². The van der Waals surface area contributed by atoms with Crippen LogP contribution in [0.1, 0.15) is 56.9 Å². The molecule has 0 saturated heterocycles. The summed E-state index contributed by atoms with van der Waals surface area (Å²) in [5, 5.41) is 13.3. The lowest BCUT2D eigenvalue weighted by Gasteiger charge is -2.32. The van der Waals surface area contributed by atoms with E-state index < -0.39 is 5.60 Å². The van der Waals surface area contributed by atoms with Gasteiger partial charge in [0.25, 0.3) is 0 Å². The molecule has 0 heterocycles. The highest BCUT2D eigenvalue weighted by atomic mass is 16.3. The molecule has 1 aliphatic carbocycles. The first-order valence-corrected chi connectivity index (χ1v) is 7.63. The second-order valence-electron chi connectivity index (χ2n) is 6.08. The Labute approximate surface area is 121 Å². The first-order valence-electron chi connectivity index (χ1n) is 7.63. The Morgan fingerprint density at radius 2 is 1.90 bits per heavy atom. The van der Waals surface area contributed by atoms with Crippen LogP contribution in [-0.4, -0.2) is 23.2 Å². The lowest BCUT2D eigenvalue weighted by molar-refractivity contribution is -0.123. The maximum absolute atomic E-state index is 12.0. The first-order chi connectivity index (χ1) is 9.59. The van der Waals surface area contributed by atoms with Crippen molar-refractivity contribution in [3.8, 4) is 0 Å². The van der Waals surface area contributed by atoms with Crippen LogP contribution in [0, 0.1) is 0 Å². The van der Waals surface area contributed by atoms with Gasteiger partial charge in [0.2, 0.25) is 5.91 Å². The maximum atomic E-state index is 12.0. The standard InChI is InChI=1S/C17H25NO2/c1-14(15-8-4-2-5-9-15)12-16(19)18-13-17(20)10-6-3-7-11-17/h2,4-5,8-9,14,20H,3,6-7,10-13H2,1H3,(H,18,19). The molecule has 0 spiro atoms. The Balaban J connectivity index is 1.78. The summed E-state index contributed by atoms with van der Waals surface area (Å²) >= 11 is 0. The van der Waals surface area contributed by atoms with Gasteiger partial charge >= 0.3 is 0 Å². The summed E-state index contributed by atoms with van der Waals surface area (Å²) in [6.07, 6.45) is 5.41. The Morgan fingerprint density at radius 1 is 1.25 bits per heavy atom. The predicted octanol–water partition coefficient (Wildman–Crippen LogP) is 2.99. The van der Waals surface area contributed by atoms with Crippen molar-refractivity contribution in [2.45, 2.75) is 57.0 Å². The van der Waals surface area contributed by atoms with E-state index in [1.165, 1.54) is 12.0 Å². The van der Waals surface area contributed by atoms with Crippen LogP contribution in [0.5, 0.6) is 0 Å². The second kappa shape index (κ2) is 6.89. The van der Waals surface area contributed by atoms with Crippen LogP contribution in [-0.2, 0) is 4.79 Å². The van der Waals surface area contributed by atoms with Crippen molar-refractivity contribution < 1.29 is 9.90 Å². The van der Waals surface area contributed by atoms with Crippen LogP contribution in [0.15, 0.2) is 30.3 Å². The summed E-state index contributed by atoms with van der Waals surface area (Å²) in [4.78, 5) is 12.0. The average molecular weight is 275 g/mol. The molecule has 2 rings (SSSR count). The van der Waals surface area contributed by atoms with Gasteiger partial charge in [0.05, 0.1) is 5.60 Å². The van der Waals surface area contributed by atoms with Gasteiger partial charge in [-0.25, -0.2) is 0 Å². The molecule has 110 valence electrons. The number of hydrogen-bond acceptors (Lipinski definition) is 2. The van der Waals surface area contributed by atoms with Crippen molar-refractivity contribution in [3.05, 3.63) is 35.9 Å². The molecule has 3 heteroatoms. The van der Waals surface area contributed by atoms with E-state index in [0.29, 0.717) is 13.0 Å². The van der Waals surface area contributed by atoms with Gasteiger partial charge in [-0.2, -0.15) is 0 Å². The third kappa shape index (κ3) is 4.34. The number of carbonyl (C=O) groups is 1. The summed E-state index contributed by atoms with van der Waals surface area (Å²) in [5.41, 5.74) is 0.503. The van der Waals surface area contributed by atoms with E-state index in [9.17, 15) is 9.90 Å². The fraction of sp³-hybridized carbons (Fsp3) is 0.588. The lowest BCUT2D eigenvalue weighted by atomic mass is 9.85. The zero-order valence-corrected chi connectivity index (χ0v) is 12.3. The quantitative estimate of drug-likeness (QED) is 0.868. The third-order valence-corrected chi connectivity index (χ3v) is 4.26. The summed E-state index contributed by atoms with van der Waals surface area (Å²) in [6.45, 7) is 2.46. The molecule has 1 aromatic carbocycles. The molecule has 0 aliphatic heterocycles. The maximum Gasteiger partial charge on any atom is 0.220 e. The SMILES string of the molecule is CC(CC(=O)NCC1(O)CCCCC1)c1ccccc1. The zero-order chi connectivity index (χ0) is 14.4. The normalized spacial score (nSPS) is 19.3. The number of aliphatic hydroxyl groups is 1. The van der Waals surface area contributed by atoms with Crippen molar-refractivity contribution in [1.29, 1.82) is 0 Å². The van der Waals surface area contributed by atoms with Gasteiger partial charge in [-0.05, 0) is 24.3 Å². The lowest BCUT2D eigenvalue weighted by Crippen LogP contribution is -2.44. The third-order valence-electron chi connectivity index (χ3n) is 4.26. The van der Waals surface area contributed by atoms with Crippen LogP contribution in [0.4, 0.5) is 0 Å². The van der Waals surface area contributed by atoms with Gasteiger partial charge in [0.1, 0.15) is 0 Å². The molecule has 0 radical (unpaired) electrons. The molecular formula is C17H25NO2. The molecule has 1 aromatic rings. The topological polar surface area (TPSA) is 49.3 Å². The minimum absolute atomic E-state index is 0.0281. The number of nitrogens with one attached hydrogen (secondary N) is 1. The van der Waals surface area contributed by atoms with Gasteiger partial charge in [-0.1, -0.05) is 56.5 Å². The van der Waals surface area contributed by atoms with E-state index in [0.717, 1.165) is 25.7 Å². The molecular weight excluding hydrogens is 250 g/mol. The molecule has 3 nitrogen and oxygen atoms in total. The monoisotopic (exact) mass is 275 g/mol. The zero-order valence-electron chi connectivity index (χ0n) is 12.3. The smallest absolute Gasteiger partial charge is 0.220 e.